The summed E-state index contributed by atoms with van der Waals surface area (Å²) in [4.78, 5) is 8.44. The number of hydrogen-bond donors (Lipinski definition) is 1. The topological polar surface area (TPSA) is 37.8 Å². The molecule has 1 aromatic carbocycles. The molecule has 18 heavy (non-hydrogen) atoms. The fourth-order valence-corrected chi connectivity index (χ4v) is 2.17. The van der Waals surface area contributed by atoms with Crippen molar-refractivity contribution in [2.45, 2.75) is 11.6 Å². The first kappa shape index (κ1) is 13.2. The van der Waals surface area contributed by atoms with E-state index in [1.54, 1.807) is 6.07 Å². The van der Waals surface area contributed by atoms with Gasteiger partial charge in [0.1, 0.15) is 11.0 Å². The highest BCUT2D eigenvalue weighted by molar-refractivity contribution is 7.98. The molecular weight excluding hydrogens is 266 g/mol. The van der Waals surface area contributed by atoms with Crippen LogP contribution in [0, 0.1) is 0 Å². The molecule has 94 valence electrons. The Morgan fingerprint density at radius 3 is 2.72 bits per heavy atom. The number of thioether (sulfide) groups is 1. The lowest BCUT2D eigenvalue weighted by Gasteiger charge is -2.07. The molecule has 0 aliphatic carbocycles. The molecule has 3 nitrogen and oxygen atoms in total. The van der Waals surface area contributed by atoms with E-state index in [1.165, 1.54) is 17.3 Å². The van der Waals surface area contributed by atoms with Crippen LogP contribution in [0.4, 0.5) is 5.82 Å². The first-order valence-electron chi connectivity index (χ1n) is 5.64. The molecule has 2 rings (SSSR count). The standard InChI is InChI=1S/C13H14ClN3S/c1-18-13-16-11(14)9-12(17-13)15-8-7-10-5-3-2-4-6-10/h2-6,9H,7-8H2,1H3,(H,15,16,17). The highest BCUT2D eigenvalue weighted by atomic mass is 35.5. The minimum atomic E-state index is 0.469. The lowest BCUT2D eigenvalue weighted by Crippen LogP contribution is -2.07. The minimum absolute atomic E-state index is 0.469. The Morgan fingerprint density at radius 2 is 2.00 bits per heavy atom. The zero-order valence-corrected chi connectivity index (χ0v) is 11.6. The SMILES string of the molecule is CSc1nc(Cl)cc(NCCc2ccccc2)n1. The zero-order chi connectivity index (χ0) is 12.8. The van der Waals surface area contributed by atoms with Gasteiger partial charge in [0, 0.05) is 12.6 Å². The Hall–Kier alpha value is -1.26. The smallest absolute Gasteiger partial charge is 0.190 e. The summed E-state index contributed by atoms with van der Waals surface area (Å²) in [5.74, 6) is 0.773. The predicted molar refractivity (Wildman–Crippen MR) is 77.5 cm³/mol. The molecule has 0 spiro atoms. The maximum absolute atomic E-state index is 5.92. The molecule has 0 atom stereocenters. The van der Waals surface area contributed by atoms with Gasteiger partial charge in [0.05, 0.1) is 0 Å². The number of halogens is 1. The number of hydrogen-bond acceptors (Lipinski definition) is 4. The van der Waals surface area contributed by atoms with Crippen LogP contribution in [0.1, 0.15) is 5.56 Å². The second kappa shape index (κ2) is 6.61. The van der Waals surface area contributed by atoms with E-state index < -0.39 is 0 Å². The van der Waals surface area contributed by atoms with Crippen LogP contribution in [-0.2, 0) is 6.42 Å². The summed E-state index contributed by atoms with van der Waals surface area (Å²) in [6, 6.07) is 12.1. The number of aromatic nitrogens is 2. The number of nitrogens with one attached hydrogen (secondary N) is 1. The fraction of sp³-hybridized carbons (Fsp3) is 0.231. The fourth-order valence-electron chi connectivity index (χ4n) is 1.56. The van der Waals surface area contributed by atoms with Crippen LogP contribution in [0.3, 0.4) is 0 Å². The molecular formula is C13H14ClN3S. The van der Waals surface area contributed by atoms with Gasteiger partial charge in [-0.05, 0) is 18.2 Å². The highest BCUT2D eigenvalue weighted by Crippen LogP contribution is 2.17. The number of benzene rings is 1. The van der Waals surface area contributed by atoms with Gasteiger partial charge in [-0.25, -0.2) is 9.97 Å². The molecule has 0 radical (unpaired) electrons. The molecule has 1 N–H and O–H groups in total. The summed E-state index contributed by atoms with van der Waals surface area (Å²) in [5.41, 5.74) is 1.30. The van der Waals surface area contributed by atoms with E-state index >= 15 is 0 Å². The minimum Gasteiger partial charge on any atom is -0.370 e. The summed E-state index contributed by atoms with van der Waals surface area (Å²) in [6.07, 6.45) is 2.89. The van der Waals surface area contributed by atoms with Gasteiger partial charge in [-0.3, -0.25) is 0 Å². The second-order valence-corrected chi connectivity index (χ2v) is 4.89. The molecule has 2 aromatic rings. The van der Waals surface area contributed by atoms with Gasteiger partial charge >= 0.3 is 0 Å². The third-order valence-corrected chi connectivity index (χ3v) is 3.16. The van der Waals surface area contributed by atoms with Crippen molar-refractivity contribution in [2.75, 3.05) is 18.1 Å². The van der Waals surface area contributed by atoms with Crippen molar-refractivity contribution in [3.05, 3.63) is 47.1 Å². The Kier molecular flexibility index (Phi) is 4.84. The molecule has 1 heterocycles. The Balaban J connectivity index is 1.92. The molecule has 1 aromatic heterocycles. The lowest BCUT2D eigenvalue weighted by atomic mass is 10.1. The molecule has 0 aliphatic heterocycles. The van der Waals surface area contributed by atoms with E-state index in [9.17, 15) is 0 Å². The average Bonchev–Trinajstić information content (AvgIpc) is 2.39. The van der Waals surface area contributed by atoms with Crippen LogP contribution in [0.25, 0.3) is 0 Å². The Bertz CT molecular complexity index is 505. The van der Waals surface area contributed by atoms with Crippen LogP contribution in [0.5, 0.6) is 0 Å². The number of nitrogens with zero attached hydrogens (tertiary/aromatic N) is 2. The van der Waals surface area contributed by atoms with E-state index in [1.807, 2.05) is 24.5 Å². The van der Waals surface area contributed by atoms with Crippen molar-refractivity contribution >= 4 is 29.2 Å². The molecule has 5 heteroatoms. The Labute approximate surface area is 116 Å². The molecule has 0 amide bonds. The van der Waals surface area contributed by atoms with E-state index in [4.69, 9.17) is 11.6 Å². The van der Waals surface area contributed by atoms with Gasteiger partial charge in [-0.2, -0.15) is 0 Å². The van der Waals surface area contributed by atoms with Crippen LogP contribution in [0.15, 0.2) is 41.6 Å². The summed E-state index contributed by atoms with van der Waals surface area (Å²) in [6.45, 7) is 0.825. The average molecular weight is 280 g/mol. The largest absolute Gasteiger partial charge is 0.370 e. The molecule has 0 unspecified atom stereocenters. The number of rotatable bonds is 5. The van der Waals surface area contributed by atoms with Crippen molar-refractivity contribution in [3.8, 4) is 0 Å². The van der Waals surface area contributed by atoms with Crippen molar-refractivity contribution in [1.29, 1.82) is 0 Å². The van der Waals surface area contributed by atoms with E-state index in [2.05, 4.69) is 27.4 Å². The monoisotopic (exact) mass is 279 g/mol. The van der Waals surface area contributed by atoms with Gasteiger partial charge in [0.2, 0.25) is 0 Å². The maximum atomic E-state index is 5.92. The quantitative estimate of drug-likeness (QED) is 0.516. The van der Waals surface area contributed by atoms with Gasteiger partial charge in [0.15, 0.2) is 5.16 Å². The first-order chi connectivity index (χ1) is 8.78. The van der Waals surface area contributed by atoms with Gasteiger partial charge in [-0.15, -0.1) is 0 Å². The molecule has 0 fully saturated rings. The maximum Gasteiger partial charge on any atom is 0.190 e. The first-order valence-corrected chi connectivity index (χ1v) is 7.24. The van der Waals surface area contributed by atoms with Crippen molar-refractivity contribution in [1.82, 2.24) is 9.97 Å². The summed E-state index contributed by atoms with van der Waals surface area (Å²) >= 11 is 7.40. The molecule has 0 saturated heterocycles. The molecule has 0 bridgehead atoms. The normalized spacial score (nSPS) is 10.3. The van der Waals surface area contributed by atoms with Gasteiger partial charge in [-0.1, -0.05) is 53.7 Å². The summed E-state index contributed by atoms with van der Waals surface area (Å²) in [7, 11) is 0. The third-order valence-electron chi connectivity index (χ3n) is 2.42. The molecule has 0 aliphatic rings. The van der Waals surface area contributed by atoms with Crippen LogP contribution in [-0.4, -0.2) is 22.8 Å². The lowest BCUT2D eigenvalue weighted by molar-refractivity contribution is 0.941. The van der Waals surface area contributed by atoms with Crippen molar-refractivity contribution in [3.63, 3.8) is 0 Å². The van der Waals surface area contributed by atoms with Gasteiger partial charge < -0.3 is 5.32 Å². The van der Waals surface area contributed by atoms with Crippen LogP contribution < -0.4 is 5.32 Å². The molecule has 0 saturated carbocycles. The Morgan fingerprint density at radius 1 is 1.22 bits per heavy atom. The van der Waals surface area contributed by atoms with E-state index in [0.29, 0.717) is 10.3 Å². The van der Waals surface area contributed by atoms with Crippen LogP contribution in [0.2, 0.25) is 5.15 Å². The predicted octanol–water partition coefficient (Wildman–Crippen LogP) is 3.51. The van der Waals surface area contributed by atoms with Crippen LogP contribution >= 0.6 is 23.4 Å². The van der Waals surface area contributed by atoms with Crippen molar-refractivity contribution < 1.29 is 0 Å². The summed E-state index contributed by atoms with van der Waals surface area (Å²) in [5, 5.41) is 4.41. The highest BCUT2D eigenvalue weighted by Gasteiger charge is 2.01. The van der Waals surface area contributed by atoms with Crippen molar-refractivity contribution in [2.24, 2.45) is 0 Å². The summed E-state index contributed by atoms with van der Waals surface area (Å²) < 4.78 is 0. The third kappa shape index (κ3) is 3.89. The van der Waals surface area contributed by atoms with Gasteiger partial charge in [0.25, 0.3) is 0 Å². The van der Waals surface area contributed by atoms with E-state index in [0.717, 1.165) is 18.8 Å². The number of anilines is 1. The van der Waals surface area contributed by atoms with E-state index in [-0.39, 0.29) is 0 Å². The second-order valence-electron chi connectivity index (χ2n) is 3.72. The zero-order valence-electron chi connectivity index (χ0n) is 10.1.